The van der Waals surface area contributed by atoms with Crippen LogP contribution in [0, 0.1) is 5.82 Å². The molecule has 1 aromatic carbocycles. The highest BCUT2D eigenvalue weighted by Crippen LogP contribution is 2.40. The molecule has 0 saturated carbocycles. The van der Waals surface area contributed by atoms with Crippen LogP contribution in [0.5, 0.6) is 0 Å². The van der Waals surface area contributed by atoms with E-state index in [1.54, 1.807) is 0 Å². The van der Waals surface area contributed by atoms with Crippen LogP contribution in [-0.4, -0.2) is 23.0 Å². The van der Waals surface area contributed by atoms with Crippen LogP contribution in [0.25, 0.3) is 0 Å². The molecule has 0 radical (unpaired) electrons. The van der Waals surface area contributed by atoms with Crippen LogP contribution in [0.2, 0.25) is 0 Å². The summed E-state index contributed by atoms with van der Waals surface area (Å²) in [5, 5.41) is 18.2. The van der Waals surface area contributed by atoms with E-state index < -0.39 is 35.8 Å². The largest absolute Gasteiger partial charge is 0.423 e. The fourth-order valence-corrected chi connectivity index (χ4v) is 1.55. The van der Waals surface area contributed by atoms with Gasteiger partial charge in [0.2, 0.25) is 5.60 Å². The molecule has 0 fully saturated rings. The van der Waals surface area contributed by atoms with Crippen LogP contribution in [-0.2, 0) is 5.60 Å². The topological polar surface area (TPSA) is 66.5 Å². The molecule has 0 bridgehead atoms. The van der Waals surface area contributed by atoms with Gasteiger partial charge in [0.25, 0.3) is 0 Å². The van der Waals surface area contributed by atoms with Gasteiger partial charge in [-0.2, -0.15) is 13.2 Å². The first-order valence-electron chi connectivity index (χ1n) is 5.09. The SMILES string of the molecule is C[C@@H](N)c1cccc([C@](O)(CO)C(F)(F)F)c1F. The van der Waals surface area contributed by atoms with E-state index in [1.165, 1.54) is 13.0 Å². The van der Waals surface area contributed by atoms with Crippen LogP contribution in [0.3, 0.4) is 0 Å². The summed E-state index contributed by atoms with van der Waals surface area (Å²) >= 11 is 0. The van der Waals surface area contributed by atoms with Crippen molar-refractivity contribution in [3.63, 3.8) is 0 Å². The standard InChI is InChI=1S/C11H13F4NO2/c1-6(16)7-3-2-4-8(9(7)12)10(18,5-17)11(13,14)15/h2-4,6,17-18H,5,16H2,1H3/t6-,10-/m1/s1. The second kappa shape index (κ2) is 4.83. The molecule has 0 unspecified atom stereocenters. The van der Waals surface area contributed by atoms with Gasteiger partial charge < -0.3 is 15.9 Å². The molecule has 2 atom stereocenters. The Kier molecular flexibility index (Phi) is 3.99. The van der Waals surface area contributed by atoms with Gasteiger partial charge in [0.1, 0.15) is 5.82 Å². The van der Waals surface area contributed by atoms with Gasteiger partial charge in [-0.3, -0.25) is 0 Å². The van der Waals surface area contributed by atoms with Crippen LogP contribution < -0.4 is 5.73 Å². The zero-order valence-corrected chi connectivity index (χ0v) is 9.50. The van der Waals surface area contributed by atoms with Gasteiger partial charge in [-0.25, -0.2) is 4.39 Å². The van der Waals surface area contributed by atoms with E-state index in [0.29, 0.717) is 0 Å². The maximum absolute atomic E-state index is 13.9. The maximum atomic E-state index is 13.9. The molecule has 0 aliphatic carbocycles. The van der Waals surface area contributed by atoms with Gasteiger partial charge in [-0.15, -0.1) is 0 Å². The Morgan fingerprint density at radius 3 is 2.28 bits per heavy atom. The smallest absolute Gasteiger partial charge is 0.393 e. The third-order valence-corrected chi connectivity index (χ3v) is 2.66. The molecular weight excluding hydrogens is 254 g/mol. The van der Waals surface area contributed by atoms with E-state index in [2.05, 4.69) is 0 Å². The Morgan fingerprint density at radius 1 is 1.33 bits per heavy atom. The molecule has 0 aliphatic rings. The van der Waals surface area contributed by atoms with Crippen LogP contribution in [0.4, 0.5) is 17.6 Å². The van der Waals surface area contributed by atoms with Crippen molar-refractivity contribution in [3.05, 3.63) is 35.1 Å². The van der Waals surface area contributed by atoms with Crippen molar-refractivity contribution in [1.82, 2.24) is 0 Å². The summed E-state index contributed by atoms with van der Waals surface area (Å²) in [5.74, 6) is -1.26. The minimum Gasteiger partial charge on any atom is -0.393 e. The lowest BCUT2D eigenvalue weighted by Gasteiger charge is -2.29. The number of nitrogens with two attached hydrogens (primary N) is 1. The first-order chi connectivity index (χ1) is 8.15. The van der Waals surface area contributed by atoms with Crippen molar-refractivity contribution in [2.24, 2.45) is 5.73 Å². The first kappa shape index (κ1) is 14.9. The third-order valence-electron chi connectivity index (χ3n) is 2.66. The molecule has 0 aliphatic heterocycles. The van der Waals surface area contributed by atoms with Crippen molar-refractivity contribution in [2.45, 2.75) is 24.7 Å². The average molecular weight is 267 g/mol. The summed E-state index contributed by atoms with van der Waals surface area (Å²) in [6.07, 6.45) is -5.20. The lowest BCUT2D eigenvalue weighted by atomic mass is 9.90. The Bertz CT molecular complexity index is 434. The highest BCUT2D eigenvalue weighted by molar-refractivity contribution is 5.33. The zero-order chi connectivity index (χ0) is 14.1. The van der Waals surface area contributed by atoms with E-state index in [9.17, 15) is 22.7 Å². The van der Waals surface area contributed by atoms with E-state index in [-0.39, 0.29) is 5.56 Å². The Labute approximate surface area is 101 Å². The minimum absolute atomic E-state index is 0.163. The molecule has 0 aromatic heterocycles. The predicted octanol–water partition coefficient (Wildman–Crippen LogP) is 1.59. The number of halogens is 4. The van der Waals surface area contributed by atoms with Crippen molar-refractivity contribution in [3.8, 4) is 0 Å². The highest BCUT2D eigenvalue weighted by atomic mass is 19.4. The summed E-state index contributed by atoms with van der Waals surface area (Å²) in [4.78, 5) is 0. The number of benzene rings is 1. The van der Waals surface area contributed by atoms with Crippen LogP contribution in [0.1, 0.15) is 24.1 Å². The average Bonchev–Trinajstić information content (AvgIpc) is 2.26. The lowest BCUT2D eigenvalue weighted by molar-refractivity contribution is -0.278. The summed E-state index contributed by atoms with van der Waals surface area (Å²) < 4.78 is 52.0. The quantitative estimate of drug-likeness (QED) is 0.728. The number of hydrogen-bond acceptors (Lipinski definition) is 3. The Morgan fingerprint density at radius 2 is 1.89 bits per heavy atom. The minimum atomic E-state index is -5.20. The van der Waals surface area contributed by atoms with Gasteiger partial charge in [0.15, 0.2) is 0 Å². The van der Waals surface area contributed by atoms with Crippen molar-refractivity contribution in [2.75, 3.05) is 6.61 Å². The van der Waals surface area contributed by atoms with Crippen LogP contribution in [0.15, 0.2) is 18.2 Å². The summed E-state index contributed by atoms with van der Waals surface area (Å²) in [6, 6.07) is 2.30. The molecule has 0 heterocycles. The van der Waals surface area contributed by atoms with E-state index in [1.807, 2.05) is 0 Å². The predicted molar refractivity (Wildman–Crippen MR) is 56.0 cm³/mol. The van der Waals surface area contributed by atoms with Gasteiger partial charge in [-0.1, -0.05) is 18.2 Å². The maximum Gasteiger partial charge on any atom is 0.423 e. The number of rotatable bonds is 3. The van der Waals surface area contributed by atoms with E-state index in [4.69, 9.17) is 10.8 Å². The molecule has 0 amide bonds. The van der Waals surface area contributed by atoms with E-state index >= 15 is 0 Å². The summed E-state index contributed by atoms with van der Waals surface area (Å²) in [7, 11) is 0. The van der Waals surface area contributed by atoms with Crippen molar-refractivity contribution in [1.29, 1.82) is 0 Å². The fraction of sp³-hybridized carbons (Fsp3) is 0.455. The second-order valence-electron chi connectivity index (χ2n) is 4.01. The molecule has 0 saturated heterocycles. The van der Waals surface area contributed by atoms with Gasteiger partial charge in [-0.05, 0) is 6.92 Å². The number of alkyl halides is 3. The molecule has 18 heavy (non-hydrogen) atoms. The van der Waals surface area contributed by atoms with Gasteiger partial charge in [0.05, 0.1) is 6.61 Å². The fourth-order valence-electron chi connectivity index (χ4n) is 1.55. The Balaban J connectivity index is 3.45. The number of aliphatic hydroxyl groups is 2. The monoisotopic (exact) mass is 267 g/mol. The molecule has 0 spiro atoms. The first-order valence-corrected chi connectivity index (χ1v) is 5.09. The molecule has 102 valence electrons. The van der Waals surface area contributed by atoms with E-state index in [0.717, 1.165) is 12.1 Å². The molecular formula is C11H13F4NO2. The molecule has 1 aromatic rings. The zero-order valence-electron chi connectivity index (χ0n) is 9.50. The van der Waals surface area contributed by atoms with Gasteiger partial charge >= 0.3 is 6.18 Å². The summed E-state index contributed by atoms with van der Waals surface area (Å²) in [6.45, 7) is -0.274. The number of aliphatic hydroxyl groups excluding tert-OH is 1. The molecule has 7 heteroatoms. The van der Waals surface area contributed by atoms with Crippen LogP contribution >= 0.6 is 0 Å². The number of hydrogen-bond donors (Lipinski definition) is 3. The highest BCUT2D eigenvalue weighted by Gasteiger charge is 2.56. The second-order valence-corrected chi connectivity index (χ2v) is 4.01. The van der Waals surface area contributed by atoms with Crippen molar-refractivity contribution < 1.29 is 27.8 Å². The molecule has 4 N–H and O–H groups in total. The third kappa shape index (κ3) is 2.33. The lowest BCUT2D eigenvalue weighted by Crippen LogP contribution is -2.46. The van der Waals surface area contributed by atoms with Crippen molar-refractivity contribution >= 4 is 0 Å². The molecule has 1 rings (SSSR count). The normalized spacial score (nSPS) is 17.3. The van der Waals surface area contributed by atoms with Gasteiger partial charge in [0, 0.05) is 17.2 Å². The Hall–Kier alpha value is -1.18. The molecule has 3 nitrogen and oxygen atoms in total. The summed E-state index contributed by atoms with van der Waals surface area (Å²) in [5.41, 5.74) is 0.577.